The van der Waals surface area contributed by atoms with E-state index in [0.29, 0.717) is 12.3 Å². The second-order valence-electron chi connectivity index (χ2n) is 3.65. The van der Waals surface area contributed by atoms with Gasteiger partial charge in [0.05, 0.1) is 6.54 Å². The van der Waals surface area contributed by atoms with Crippen LogP contribution in [0.4, 0.5) is 4.39 Å². The highest BCUT2D eigenvalue weighted by atomic mass is 19.1. The third-order valence-electron chi connectivity index (χ3n) is 2.21. The van der Waals surface area contributed by atoms with E-state index in [1.54, 1.807) is 23.1 Å². The van der Waals surface area contributed by atoms with Crippen LogP contribution in [-0.2, 0) is 6.54 Å². The zero-order valence-electron chi connectivity index (χ0n) is 9.16. The molecule has 1 heterocycles. The molecule has 0 fully saturated rings. The minimum Gasteiger partial charge on any atom is -0.491 e. The predicted molar refractivity (Wildman–Crippen MR) is 60.1 cm³/mol. The molecule has 5 heteroatoms. The number of aromatic nitrogens is 2. The maximum absolute atomic E-state index is 12.6. The number of ether oxygens (including phenoxy) is 1. The van der Waals surface area contributed by atoms with Crippen LogP contribution in [-0.4, -0.2) is 27.6 Å². The van der Waals surface area contributed by atoms with Crippen LogP contribution in [0, 0.1) is 5.82 Å². The number of aliphatic hydroxyl groups is 1. The summed E-state index contributed by atoms with van der Waals surface area (Å²) in [5, 5.41) is 13.7. The van der Waals surface area contributed by atoms with Gasteiger partial charge < -0.3 is 9.84 Å². The molecular weight excluding hydrogens is 223 g/mol. The number of hydrogen-bond donors (Lipinski definition) is 1. The van der Waals surface area contributed by atoms with Gasteiger partial charge in [-0.25, -0.2) is 4.39 Å². The quantitative estimate of drug-likeness (QED) is 0.855. The minimum atomic E-state index is -0.653. The van der Waals surface area contributed by atoms with Gasteiger partial charge in [0.2, 0.25) is 0 Å². The van der Waals surface area contributed by atoms with Gasteiger partial charge in [-0.1, -0.05) is 0 Å². The molecule has 0 spiro atoms. The fourth-order valence-corrected chi connectivity index (χ4v) is 1.40. The third kappa shape index (κ3) is 3.57. The summed E-state index contributed by atoms with van der Waals surface area (Å²) in [6, 6.07) is 7.46. The van der Waals surface area contributed by atoms with Crippen molar-refractivity contribution in [2.75, 3.05) is 6.61 Å². The molecule has 1 aromatic heterocycles. The van der Waals surface area contributed by atoms with Gasteiger partial charge in [0.15, 0.2) is 0 Å². The topological polar surface area (TPSA) is 47.3 Å². The first-order valence-electron chi connectivity index (χ1n) is 5.28. The van der Waals surface area contributed by atoms with E-state index in [0.717, 1.165) is 0 Å². The lowest BCUT2D eigenvalue weighted by molar-refractivity contribution is 0.0893. The molecular formula is C12H13FN2O2. The monoisotopic (exact) mass is 236 g/mol. The first-order chi connectivity index (χ1) is 8.24. The molecule has 0 aliphatic rings. The van der Waals surface area contributed by atoms with Crippen molar-refractivity contribution in [1.29, 1.82) is 0 Å². The average molecular weight is 236 g/mol. The lowest BCUT2D eigenvalue weighted by Crippen LogP contribution is -2.23. The molecule has 0 saturated carbocycles. The van der Waals surface area contributed by atoms with Crippen LogP contribution in [0.3, 0.4) is 0 Å². The third-order valence-corrected chi connectivity index (χ3v) is 2.21. The highest BCUT2D eigenvalue weighted by molar-refractivity contribution is 5.22. The maximum Gasteiger partial charge on any atom is 0.123 e. The normalized spacial score (nSPS) is 12.4. The van der Waals surface area contributed by atoms with E-state index in [9.17, 15) is 9.50 Å². The molecule has 0 amide bonds. The number of benzene rings is 1. The molecule has 0 aliphatic carbocycles. The summed E-state index contributed by atoms with van der Waals surface area (Å²) >= 11 is 0. The van der Waals surface area contributed by atoms with Crippen molar-refractivity contribution < 1.29 is 14.2 Å². The van der Waals surface area contributed by atoms with Crippen LogP contribution < -0.4 is 4.74 Å². The molecule has 4 nitrogen and oxygen atoms in total. The Labute approximate surface area is 98.3 Å². The molecule has 1 aromatic carbocycles. The Morgan fingerprint density at radius 1 is 1.35 bits per heavy atom. The van der Waals surface area contributed by atoms with Crippen LogP contribution in [0.25, 0.3) is 0 Å². The second kappa shape index (κ2) is 5.45. The smallest absolute Gasteiger partial charge is 0.123 e. The summed E-state index contributed by atoms with van der Waals surface area (Å²) in [6.07, 6.45) is 2.76. The van der Waals surface area contributed by atoms with Crippen molar-refractivity contribution in [2.24, 2.45) is 0 Å². The molecule has 90 valence electrons. The number of aliphatic hydroxyl groups excluding tert-OH is 1. The number of nitrogens with zero attached hydrogens (tertiary/aromatic N) is 2. The van der Waals surface area contributed by atoms with Gasteiger partial charge in [-0.2, -0.15) is 5.10 Å². The highest BCUT2D eigenvalue weighted by Crippen LogP contribution is 2.11. The largest absolute Gasteiger partial charge is 0.491 e. The van der Waals surface area contributed by atoms with Crippen LogP contribution in [0.1, 0.15) is 0 Å². The Balaban J connectivity index is 1.79. The van der Waals surface area contributed by atoms with Crippen molar-refractivity contribution in [3.05, 3.63) is 48.5 Å². The van der Waals surface area contributed by atoms with E-state index in [1.807, 2.05) is 0 Å². The second-order valence-corrected chi connectivity index (χ2v) is 3.65. The molecule has 0 radical (unpaired) electrons. The molecule has 2 rings (SSSR count). The Hall–Kier alpha value is -1.88. The van der Waals surface area contributed by atoms with E-state index in [4.69, 9.17) is 4.74 Å². The molecule has 0 aliphatic heterocycles. The lowest BCUT2D eigenvalue weighted by Gasteiger charge is -2.12. The summed E-state index contributed by atoms with van der Waals surface area (Å²) < 4.78 is 19.6. The zero-order chi connectivity index (χ0) is 12.1. The summed E-state index contributed by atoms with van der Waals surface area (Å²) in [7, 11) is 0. The van der Waals surface area contributed by atoms with Crippen molar-refractivity contribution in [1.82, 2.24) is 9.78 Å². The summed E-state index contributed by atoms with van der Waals surface area (Å²) in [5.74, 6) is 0.223. The minimum absolute atomic E-state index is 0.144. The standard InChI is InChI=1S/C12H13FN2O2/c13-10-2-4-12(5-3-10)17-9-11(16)8-15-7-1-6-14-15/h1-7,11,16H,8-9H2. The predicted octanol–water partition coefficient (Wildman–Crippen LogP) is 1.46. The fourth-order valence-electron chi connectivity index (χ4n) is 1.40. The van der Waals surface area contributed by atoms with Gasteiger partial charge in [0, 0.05) is 12.4 Å². The average Bonchev–Trinajstić information content (AvgIpc) is 2.81. The Morgan fingerprint density at radius 2 is 2.12 bits per heavy atom. The summed E-state index contributed by atoms with van der Waals surface area (Å²) in [5.41, 5.74) is 0. The Morgan fingerprint density at radius 3 is 2.76 bits per heavy atom. The SMILES string of the molecule is OC(COc1ccc(F)cc1)Cn1cccn1. The van der Waals surface area contributed by atoms with Crippen molar-refractivity contribution in [3.63, 3.8) is 0 Å². The van der Waals surface area contributed by atoms with E-state index in [1.165, 1.54) is 24.3 Å². The van der Waals surface area contributed by atoms with E-state index in [-0.39, 0.29) is 12.4 Å². The zero-order valence-corrected chi connectivity index (χ0v) is 9.16. The van der Waals surface area contributed by atoms with Crippen molar-refractivity contribution in [3.8, 4) is 5.75 Å². The lowest BCUT2D eigenvalue weighted by atomic mass is 10.3. The van der Waals surface area contributed by atoms with Crippen LogP contribution in [0.2, 0.25) is 0 Å². The molecule has 1 unspecified atom stereocenters. The summed E-state index contributed by atoms with van der Waals surface area (Å²) in [4.78, 5) is 0. The van der Waals surface area contributed by atoms with Crippen molar-refractivity contribution >= 4 is 0 Å². The number of hydrogen-bond acceptors (Lipinski definition) is 3. The van der Waals surface area contributed by atoms with Gasteiger partial charge in [0.25, 0.3) is 0 Å². The van der Waals surface area contributed by atoms with Gasteiger partial charge in [-0.15, -0.1) is 0 Å². The molecule has 0 saturated heterocycles. The van der Waals surface area contributed by atoms with E-state index >= 15 is 0 Å². The maximum atomic E-state index is 12.6. The first kappa shape index (κ1) is 11.6. The van der Waals surface area contributed by atoms with Gasteiger partial charge in [0.1, 0.15) is 24.3 Å². The molecule has 0 bridgehead atoms. The molecule has 2 aromatic rings. The summed E-state index contributed by atoms with van der Waals surface area (Å²) in [6.45, 7) is 0.514. The van der Waals surface area contributed by atoms with Crippen molar-refractivity contribution in [2.45, 2.75) is 12.6 Å². The van der Waals surface area contributed by atoms with E-state index in [2.05, 4.69) is 5.10 Å². The highest BCUT2D eigenvalue weighted by Gasteiger charge is 2.06. The van der Waals surface area contributed by atoms with Crippen LogP contribution >= 0.6 is 0 Å². The Kier molecular flexibility index (Phi) is 3.72. The molecule has 1 atom stereocenters. The Bertz CT molecular complexity index is 442. The van der Waals surface area contributed by atoms with Gasteiger partial charge in [-0.05, 0) is 30.3 Å². The molecule has 17 heavy (non-hydrogen) atoms. The van der Waals surface area contributed by atoms with Crippen LogP contribution in [0.15, 0.2) is 42.7 Å². The molecule has 1 N–H and O–H groups in total. The number of halogens is 1. The number of rotatable bonds is 5. The fraction of sp³-hybridized carbons (Fsp3) is 0.250. The van der Waals surface area contributed by atoms with E-state index < -0.39 is 6.10 Å². The van der Waals surface area contributed by atoms with Crippen LogP contribution in [0.5, 0.6) is 5.75 Å². The first-order valence-corrected chi connectivity index (χ1v) is 5.28. The van der Waals surface area contributed by atoms with Gasteiger partial charge >= 0.3 is 0 Å². The van der Waals surface area contributed by atoms with Gasteiger partial charge in [-0.3, -0.25) is 4.68 Å².